The fourth-order valence-electron chi connectivity index (χ4n) is 2.77. The van der Waals surface area contributed by atoms with Gasteiger partial charge in [0.2, 0.25) is 15.9 Å². The number of hydrogen-bond acceptors (Lipinski definition) is 4. The molecule has 7 heteroatoms. The number of hydrogen-bond donors (Lipinski definition) is 1. The maximum absolute atomic E-state index is 12.6. The highest BCUT2D eigenvalue weighted by molar-refractivity contribution is 7.89. The second-order valence-electron chi connectivity index (χ2n) is 6.22. The van der Waals surface area contributed by atoms with Crippen LogP contribution in [0.15, 0.2) is 59.5 Å². The van der Waals surface area contributed by atoms with E-state index in [1.165, 1.54) is 22.5 Å². The molecule has 0 aliphatic carbocycles. The van der Waals surface area contributed by atoms with Gasteiger partial charge in [-0.1, -0.05) is 24.3 Å². The van der Waals surface area contributed by atoms with Crippen molar-refractivity contribution in [2.75, 3.05) is 31.6 Å². The Labute approximate surface area is 159 Å². The number of benzene rings is 2. The number of sulfonamides is 1. The summed E-state index contributed by atoms with van der Waals surface area (Å²) in [5, 5.41) is 2.74. The number of amides is 1. The Morgan fingerprint density at radius 2 is 1.74 bits per heavy atom. The van der Waals surface area contributed by atoms with E-state index in [0.717, 1.165) is 11.1 Å². The lowest BCUT2D eigenvalue weighted by molar-refractivity contribution is -0.111. The van der Waals surface area contributed by atoms with Crippen LogP contribution in [-0.4, -0.2) is 44.9 Å². The molecule has 1 heterocycles. The van der Waals surface area contributed by atoms with Gasteiger partial charge in [0.1, 0.15) is 0 Å². The quantitative estimate of drug-likeness (QED) is 0.802. The van der Waals surface area contributed by atoms with Crippen molar-refractivity contribution in [3.05, 3.63) is 65.7 Å². The maximum atomic E-state index is 12.6. The van der Waals surface area contributed by atoms with Crippen molar-refractivity contribution in [1.29, 1.82) is 0 Å². The molecule has 2 aromatic carbocycles. The van der Waals surface area contributed by atoms with Crippen LogP contribution in [-0.2, 0) is 19.6 Å². The summed E-state index contributed by atoms with van der Waals surface area (Å²) in [5.74, 6) is -0.276. The van der Waals surface area contributed by atoms with E-state index >= 15 is 0 Å². The highest BCUT2D eigenvalue weighted by Gasteiger charge is 2.26. The molecule has 0 aromatic heterocycles. The largest absolute Gasteiger partial charge is 0.379 e. The van der Waals surface area contributed by atoms with Crippen molar-refractivity contribution >= 4 is 27.7 Å². The zero-order valence-electron chi connectivity index (χ0n) is 15.1. The fourth-order valence-corrected chi connectivity index (χ4v) is 4.18. The summed E-state index contributed by atoms with van der Waals surface area (Å²) in [7, 11) is -3.53. The Kier molecular flexibility index (Phi) is 6.05. The van der Waals surface area contributed by atoms with Gasteiger partial charge in [0.25, 0.3) is 0 Å². The van der Waals surface area contributed by atoms with E-state index in [1.807, 2.05) is 31.2 Å². The molecule has 0 unspecified atom stereocenters. The molecule has 1 amide bonds. The second-order valence-corrected chi connectivity index (χ2v) is 8.16. The van der Waals surface area contributed by atoms with Gasteiger partial charge < -0.3 is 10.1 Å². The van der Waals surface area contributed by atoms with E-state index in [-0.39, 0.29) is 10.8 Å². The molecule has 1 saturated heterocycles. The lowest BCUT2D eigenvalue weighted by Crippen LogP contribution is -2.40. The molecule has 0 saturated carbocycles. The molecule has 0 spiro atoms. The minimum Gasteiger partial charge on any atom is -0.379 e. The number of nitrogens with one attached hydrogen (secondary N) is 1. The van der Waals surface area contributed by atoms with Crippen LogP contribution < -0.4 is 5.32 Å². The van der Waals surface area contributed by atoms with Crippen LogP contribution in [0.2, 0.25) is 0 Å². The zero-order chi connectivity index (χ0) is 19.3. The van der Waals surface area contributed by atoms with E-state index in [4.69, 9.17) is 4.74 Å². The van der Waals surface area contributed by atoms with E-state index in [1.54, 1.807) is 18.2 Å². The molecular formula is C20H22N2O4S. The van der Waals surface area contributed by atoms with Crippen LogP contribution in [0.25, 0.3) is 6.08 Å². The number of morpholine rings is 1. The first kappa shape index (κ1) is 19.3. The summed E-state index contributed by atoms with van der Waals surface area (Å²) in [6.07, 6.45) is 3.21. The van der Waals surface area contributed by atoms with Crippen LogP contribution in [0.5, 0.6) is 0 Å². The minimum atomic E-state index is -3.53. The lowest BCUT2D eigenvalue weighted by atomic mass is 10.1. The summed E-state index contributed by atoms with van der Waals surface area (Å²) in [4.78, 5) is 12.3. The van der Waals surface area contributed by atoms with Gasteiger partial charge in [-0.3, -0.25) is 4.79 Å². The van der Waals surface area contributed by atoms with E-state index in [0.29, 0.717) is 32.0 Å². The van der Waals surface area contributed by atoms with Gasteiger partial charge >= 0.3 is 0 Å². The average Bonchev–Trinajstić information content (AvgIpc) is 2.68. The first-order chi connectivity index (χ1) is 13.0. The van der Waals surface area contributed by atoms with Crippen LogP contribution in [0.4, 0.5) is 5.69 Å². The Hall–Kier alpha value is -2.48. The smallest absolute Gasteiger partial charge is 0.248 e. The van der Waals surface area contributed by atoms with Gasteiger partial charge in [-0.25, -0.2) is 8.42 Å². The van der Waals surface area contributed by atoms with Crippen molar-refractivity contribution in [3.63, 3.8) is 0 Å². The van der Waals surface area contributed by atoms with E-state index in [2.05, 4.69) is 5.32 Å². The SMILES string of the molecule is Cc1ccccc1/C=C/C(=O)Nc1ccc(S(=O)(=O)N2CCOCC2)cc1. The summed E-state index contributed by atoms with van der Waals surface area (Å²) in [6, 6.07) is 14.0. The zero-order valence-corrected chi connectivity index (χ0v) is 15.9. The third kappa shape index (κ3) is 4.82. The van der Waals surface area contributed by atoms with Gasteiger partial charge in [-0.15, -0.1) is 0 Å². The molecule has 3 rings (SSSR count). The molecule has 142 valence electrons. The highest BCUT2D eigenvalue weighted by Crippen LogP contribution is 2.19. The second kappa shape index (κ2) is 8.47. The van der Waals surface area contributed by atoms with Crippen LogP contribution in [0.1, 0.15) is 11.1 Å². The number of ether oxygens (including phenoxy) is 1. The maximum Gasteiger partial charge on any atom is 0.248 e. The summed E-state index contributed by atoms with van der Waals surface area (Å²) >= 11 is 0. The number of anilines is 1. The molecule has 2 aromatic rings. The summed E-state index contributed by atoms with van der Waals surface area (Å²) in [5.41, 5.74) is 2.59. The predicted octanol–water partition coefficient (Wildman–Crippen LogP) is 2.67. The molecule has 27 heavy (non-hydrogen) atoms. The number of carbonyl (C=O) groups excluding carboxylic acids is 1. The Bertz CT molecular complexity index is 931. The predicted molar refractivity (Wildman–Crippen MR) is 105 cm³/mol. The molecule has 1 fully saturated rings. The summed E-state index contributed by atoms with van der Waals surface area (Å²) in [6.45, 7) is 3.49. The van der Waals surface area contributed by atoms with Gasteiger partial charge in [-0.2, -0.15) is 4.31 Å². The van der Waals surface area contributed by atoms with E-state index in [9.17, 15) is 13.2 Å². The Balaban J connectivity index is 1.65. The normalized spacial score (nSPS) is 15.7. The monoisotopic (exact) mass is 386 g/mol. The lowest BCUT2D eigenvalue weighted by Gasteiger charge is -2.26. The topological polar surface area (TPSA) is 75.7 Å². The molecular weight excluding hydrogens is 364 g/mol. The first-order valence-electron chi connectivity index (χ1n) is 8.69. The first-order valence-corrected chi connectivity index (χ1v) is 10.1. The summed E-state index contributed by atoms with van der Waals surface area (Å²) < 4.78 is 31.8. The molecule has 0 radical (unpaired) electrons. The van der Waals surface area contributed by atoms with Crippen molar-refractivity contribution in [1.82, 2.24) is 4.31 Å². The number of nitrogens with zero attached hydrogens (tertiary/aromatic N) is 1. The number of carbonyl (C=O) groups is 1. The van der Waals surface area contributed by atoms with Crippen molar-refractivity contribution in [2.24, 2.45) is 0 Å². The van der Waals surface area contributed by atoms with Crippen molar-refractivity contribution in [3.8, 4) is 0 Å². The molecule has 1 N–H and O–H groups in total. The van der Waals surface area contributed by atoms with Crippen LogP contribution in [0, 0.1) is 6.92 Å². The Morgan fingerprint density at radius 1 is 1.07 bits per heavy atom. The van der Waals surface area contributed by atoms with Gasteiger partial charge in [0.15, 0.2) is 0 Å². The molecule has 0 bridgehead atoms. The third-order valence-corrected chi connectivity index (χ3v) is 6.25. The fraction of sp³-hybridized carbons (Fsp3) is 0.250. The molecule has 1 aliphatic rings. The highest BCUT2D eigenvalue weighted by atomic mass is 32.2. The minimum absolute atomic E-state index is 0.206. The standard InChI is InChI=1S/C20H22N2O4S/c1-16-4-2-3-5-17(16)6-11-20(23)21-18-7-9-19(10-8-18)27(24,25)22-12-14-26-15-13-22/h2-11H,12-15H2,1H3,(H,21,23)/b11-6+. The van der Waals surface area contributed by atoms with Gasteiger partial charge in [0, 0.05) is 24.9 Å². The number of aryl methyl sites for hydroxylation is 1. The molecule has 6 nitrogen and oxygen atoms in total. The van der Waals surface area contributed by atoms with E-state index < -0.39 is 10.0 Å². The number of rotatable bonds is 5. The van der Waals surface area contributed by atoms with Crippen molar-refractivity contribution in [2.45, 2.75) is 11.8 Å². The van der Waals surface area contributed by atoms with Crippen molar-refractivity contribution < 1.29 is 17.9 Å². The molecule has 0 atom stereocenters. The van der Waals surface area contributed by atoms with Crippen LogP contribution >= 0.6 is 0 Å². The van der Waals surface area contributed by atoms with Crippen LogP contribution in [0.3, 0.4) is 0 Å². The average molecular weight is 386 g/mol. The third-order valence-electron chi connectivity index (χ3n) is 4.33. The van der Waals surface area contributed by atoms with Gasteiger partial charge in [-0.05, 0) is 48.4 Å². The molecule has 1 aliphatic heterocycles. The Morgan fingerprint density at radius 3 is 2.41 bits per heavy atom. The van der Waals surface area contributed by atoms with Gasteiger partial charge in [0.05, 0.1) is 18.1 Å².